The van der Waals surface area contributed by atoms with Gasteiger partial charge in [0.25, 0.3) is 0 Å². The van der Waals surface area contributed by atoms with Gasteiger partial charge in [-0.05, 0) is 51.0 Å². The first kappa shape index (κ1) is 12.9. The largest absolute Gasteiger partial charge is 0.313 e. The summed E-state index contributed by atoms with van der Waals surface area (Å²) >= 11 is 0. The van der Waals surface area contributed by atoms with Gasteiger partial charge in [0.05, 0.1) is 0 Å². The molecule has 0 amide bonds. The lowest BCUT2D eigenvalue weighted by Crippen LogP contribution is -2.50. The predicted molar refractivity (Wildman–Crippen MR) is 76.8 cm³/mol. The molecule has 2 nitrogen and oxygen atoms in total. The van der Waals surface area contributed by atoms with E-state index >= 15 is 0 Å². The number of hydrogen-bond acceptors (Lipinski definition) is 2. The van der Waals surface area contributed by atoms with Crippen molar-refractivity contribution in [2.45, 2.75) is 82.8 Å². The van der Waals surface area contributed by atoms with Gasteiger partial charge in [-0.15, -0.1) is 0 Å². The first-order valence-electron chi connectivity index (χ1n) is 8.34. The average Bonchev–Trinajstić information content (AvgIpc) is 3.23. The van der Waals surface area contributed by atoms with Gasteiger partial charge >= 0.3 is 0 Å². The summed E-state index contributed by atoms with van der Waals surface area (Å²) in [4.78, 5) is 2.91. The molecule has 2 aliphatic carbocycles. The molecule has 1 saturated heterocycles. The second-order valence-corrected chi connectivity index (χ2v) is 6.90. The van der Waals surface area contributed by atoms with Crippen LogP contribution in [0.2, 0.25) is 0 Å². The zero-order valence-electron chi connectivity index (χ0n) is 12.0. The third kappa shape index (κ3) is 3.08. The molecule has 0 aromatic rings. The minimum atomic E-state index is 0.786. The quantitative estimate of drug-likeness (QED) is 0.824. The SMILES string of the molecule is CC1CCCCC1N(CC1CCCCN1)C1CC1. The fraction of sp³-hybridized carbons (Fsp3) is 1.00. The van der Waals surface area contributed by atoms with Crippen LogP contribution in [0.15, 0.2) is 0 Å². The maximum atomic E-state index is 3.74. The Labute approximate surface area is 113 Å². The molecule has 18 heavy (non-hydrogen) atoms. The fourth-order valence-electron chi connectivity index (χ4n) is 4.09. The van der Waals surface area contributed by atoms with Gasteiger partial charge in [0.2, 0.25) is 0 Å². The van der Waals surface area contributed by atoms with Crippen molar-refractivity contribution in [3.63, 3.8) is 0 Å². The number of rotatable bonds is 4. The highest BCUT2D eigenvalue weighted by molar-refractivity contribution is 4.94. The molecule has 0 aromatic heterocycles. The van der Waals surface area contributed by atoms with E-state index < -0.39 is 0 Å². The first-order valence-corrected chi connectivity index (χ1v) is 8.34. The van der Waals surface area contributed by atoms with E-state index in [1.165, 1.54) is 70.9 Å². The summed E-state index contributed by atoms with van der Waals surface area (Å²) in [5, 5.41) is 3.74. The van der Waals surface area contributed by atoms with Crippen LogP contribution in [0.25, 0.3) is 0 Å². The summed E-state index contributed by atoms with van der Waals surface area (Å²) in [5.41, 5.74) is 0. The maximum Gasteiger partial charge on any atom is 0.0195 e. The Morgan fingerprint density at radius 2 is 1.72 bits per heavy atom. The Balaban J connectivity index is 1.59. The Bertz CT molecular complexity index is 256. The van der Waals surface area contributed by atoms with E-state index in [1.807, 2.05) is 0 Å². The number of nitrogens with one attached hydrogen (secondary N) is 1. The van der Waals surface area contributed by atoms with Crippen molar-refractivity contribution in [3.8, 4) is 0 Å². The highest BCUT2D eigenvalue weighted by Gasteiger charge is 2.38. The van der Waals surface area contributed by atoms with Gasteiger partial charge in [-0.1, -0.05) is 26.2 Å². The molecule has 1 N–H and O–H groups in total. The van der Waals surface area contributed by atoms with E-state index in [1.54, 1.807) is 0 Å². The summed E-state index contributed by atoms with van der Waals surface area (Å²) in [6.07, 6.45) is 13.0. The standard InChI is InChI=1S/C16H30N2/c1-13-6-2-3-8-16(13)18(15-9-10-15)12-14-7-4-5-11-17-14/h13-17H,2-12H2,1H3. The van der Waals surface area contributed by atoms with Crippen LogP contribution < -0.4 is 5.32 Å². The molecule has 1 aliphatic heterocycles. The molecule has 0 radical (unpaired) electrons. The topological polar surface area (TPSA) is 15.3 Å². The molecular weight excluding hydrogens is 220 g/mol. The van der Waals surface area contributed by atoms with Crippen LogP contribution in [-0.4, -0.2) is 36.1 Å². The molecule has 3 aliphatic rings. The summed E-state index contributed by atoms with van der Waals surface area (Å²) in [6.45, 7) is 5.08. The van der Waals surface area contributed by atoms with Crippen molar-refractivity contribution >= 4 is 0 Å². The molecule has 0 bridgehead atoms. The van der Waals surface area contributed by atoms with E-state index in [0.29, 0.717) is 0 Å². The maximum absolute atomic E-state index is 3.74. The molecule has 1 heterocycles. The normalized spacial score (nSPS) is 38.0. The Kier molecular flexibility index (Phi) is 4.25. The highest BCUT2D eigenvalue weighted by atomic mass is 15.2. The fourth-order valence-corrected chi connectivity index (χ4v) is 4.09. The van der Waals surface area contributed by atoms with E-state index in [-0.39, 0.29) is 0 Å². The molecular formula is C16H30N2. The summed E-state index contributed by atoms with van der Waals surface area (Å²) in [5.74, 6) is 0.933. The second kappa shape index (κ2) is 5.92. The van der Waals surface area contributed by atoms with E-state index in [9.17, 15) is 0 Å². The van der Waals surface area contributed by atoms with Crippen LogP contribution in [0, 0.1) is 5.92 Å². The minimum absolute atomic E-state index is 0.786. The molecule has 3 atom stereocenters. The van der Waals surface area contributed by atoms with Crippen LogP contribution in [-0.2, 0) is 0 Å². The van der Waals surface area contributed by atoms with Crippen molar-refractivity contribution in [1.82, 2.24) is 10.2 Å². The second-order valence-electron chi connectivity index (χ2n) is 6.90. The third-order valence-corrected chi connectivity index (χ3v) is 5.35. The Morgan fingerprint density at radius 1 is 0.944 bits per heavy atom. The summed E-state index contributed by atoms with van der Waals surface area (Å²) < 4.78 is 0. The van der Waals surface area contributed by atoms with E-state index in [2.05, 4.69) is 17.1 Å². The monoisotopic (exact) mass is 250 g/mol. The number of piperidine rings is 1. The van der Waals surface area contributed by atoms with Gasteiger partial charge in [-0.3, -0.25) is 4.90 Å². The predicted octanol–water partition coefficient (Wildman–Crippen LogP) is 3.17. The number of hydrogen-bond donors (Lipinski definition) is 1. The van der Waals surface area contributed by atoms with Gasteiger partial charge in [-0.2, -0.15) is 0 Å². The highest BCUT2D eigenvalue weighted by Crippen LogP contribution is 2.36. The van der Waals surface area contributed by atoms with E-state index in [4.69, 9.17) is 0 Å². The number of nitrogens with zero attached hydrogens (tertiary/aromatic N) is 1. The zero-order chi connectivity index (χ0) is 12.4. The van der Waals surface area contributed by atoms with Crippen LogP contribution in [0.3, 0.4) is 0 Å². The van der Waals surface area contributed by atoms with Crippen LogP contribution in [0.5, 0.6) is 0 Å². The van der Waals surface area contributed by atoms with Gasteiger partial charge < -0.3 is 5.32 Å². The molecule has 3 unspecified atom stereocenters. The van der Waals surface area contributed by atoms with Crippen molar-refractivity contribution in [3.05, 3.63) is 0 Å². The smallest absolute Gasteiger partial charge is 0.0195 e. The van der Waals surface area contributed by atoms with Gasteiger partial charge in [0, 0.05) is 24.7 Å². The summed E-state index contributed by atoms with van der Waals surface area (Å²) in [7, 11) is 0. The Morgan fingerprint density at radius 3 is 2.39 bits per heavy atom. The van der Waals surface area contributed by atoms with Crippen molar-refractivity contribution in [2.75, 3.05) is 13.1 Å². The molecule has 3 rings (SSSR count). The van der Waals surface area contributed by atoms with Crippen LogP contribution in [0.1, 0.15) is 64.7 Å². The van der Waals surface area contributed by atoms with Gasteiger partial charge in [0.15, 0.2) is 0 Å². The van der Waals surface area contributed by atoms with Crippen molar-refractivity contribution in [2.24, 2.45) is 5.92 Å². The van der Waals surface area contributed by atoms with Crippen molar-refractivity contribution < 1.29 is 0 Å². The average molecular weight is 250 g/mol. The lowest BCUT2D eigenvalue weighted by atomic mass is 9.84. The molecule has 2 saturated carbocycles. The molecule has 0 spiro atoms. The van der Waals surface area contributed by atoms with Crippen LogP contribution in [0.4, 0.5) is 0 Å². The zero-order valence-corrected chi connectivity index (χ0v) is 12.0. The molecule has 3 fully saturated rings. The van der Waals surface area contributed by atoms with Gasteiger partial charge in [-0.25, -0.2) is 0 Å². The third-order valence-electron chi connectivity index (χ3n) is 5.35. The summed E-state index contributed by atoms with van der Waals surface area (Å²) in [6, 6.07) is 2.63. The lowest BCUT2D eigenvalue weighted by Gasteiger charge is -2.41. The molecule has 2 heteroatoms. The minimum Gasteiger partial charge on any atom is -0.313 e. The van der Waals surface area contributed by atoms with Crippen LogP contribution >= 0.6 is 0 Å². The first-order chi connectivity index (χ1) is 8.84. The van der Waals surface area contributed by atoms with E-state index in [0.717, 1.165) is 24.0 Å². The van der Waals surface area contributed by atoms with Gasteiger partial charge in [0.1, 0.15) is 0 Å². The van der Waals surface area contributed by atoms with Crippen molar-refractivity contribution in [1.29, 1.82) is 0 Å². The molecule has 0 aromatic carbocycles. The lowest BCUT2D eigenvalue weighted by molar-refractivity contribution is 0.0886. The Hall–Kier alpha value is -0.0800. The molecule has 104 valence electrons.